The number of carbonyl (C=O) groups excluding carboxylic acids is 1. The Morgan fingerprint density at radius 2 is 2.00 bits per heavy atom. The molecule has 0 fully saturated rings. The molecule has 1 amide bonds. The summed E-state index contributed by atoms with van der Waals surface area (Å²) in [5.74, 6) is 1.31. The SMILES string of the molecule is CCSC1=NN2C(=N)C(=Cc3cc(C)n(-c4ccc(OC)cc4)c3C)C(=O)N=C2S1. The van der Waals surface area contributed by atoms with Crippen LogP contribution in [0.2, 0.25) is 0 Å². The van der Waals surface area contributed by atoms with E-state index in [9.17, 15) is 4.79 Å². The molecular weight excluding hydrogens is 418 g/mol. The van der Waals surface area contributed by atoms with Gasteiger partial charge in [-0.05, 0) is 73.3 Å². The zero-order valence-corrected chi connectivity index (χ0v) is 18.7. The third-order valence-electron chi connectivity index (χ3n) is 4.80. The van der Waals surface area contributed by atoms with Crippen molar-refractivity contribution in [2.45, 2.75) is 20.8 Å². The van der Waals surface area contributed by atoms with Crippen LogP contribution < -0.4 is 4.74 Å². The number of methoxy groups -OCH3 is 1. The summed E-state index contributed by atoms with van der Waals surface area (Å²) >= 11 is 2.90. The largest absolute Gasteiger partial charge is 0.497 e. The van der Waals surface area contributed by atoms with E-state index in [1.54, 1.807) is 24.9 Å². The topological polar surface area (TPSA) is 83.0 Å². The number of rotatable bonds is 4. The third kappa shape index (κ3) is 3.59. The molecule has 1 aromatic heterocycles. The number of amidine groups is 2. The van der Waals surface area contributed by atoms with Gasteiger partial charge in [0.2, 0.25) is 5.17 Å². The van der Waals surface area contributed by atoms with Gasteiger partial charge in [0.25, 0.3) is 5.91 Å². The van der Waals surface area contributed by atoms with Crippen LogP contribution in [0.5, 0.6) is 5.75 Å². The summed E-state index contributed by atoms with van der Waals surface area (Å²) in [6.07, 6.45) is 1.73. The molecule has 154 valence electrons. The average Bonchev–Trinajstić information content (AvgIpc) is 3.25. The number of carbonyl (C=O) groups is 1. The number of aryl methyl sites for hydroxylation is 1. The predicted molar refractivity (Wildman–Crippen MR) is 125 cm³/mol. The van der Waals surface area contributed by atoms with Gasteiger partial charge in [0, 0.05) is 17.1 Å². The molecule has 9 heteroatoms. The van der Waals surface area contributed by atoms with Crippen LogP contribution in [0.1, 0.15) is 23.9 Å². The summed E-state index contributed by atoms with van der Waals surface area (Å²) in [5.41, 5.74) is 4.11. The lowest BCUT2D eigenvalue weighted by Crippen LogP contribution is -2.35. The number of ether oxygens (including phenoxy) is 1. The maximum atomic E-state index is 12.6. The second kappa shape index (κ2) is 8.16. The molecule has 2 aliphatic rings. The molecule has 0 atom stereocenters. The molecule has 2 aliphatic heterocycles. The fourth-order valence-electron chi connectivity index (χ4n) is 3.37. The van der Waals surface area contributed by atoms with Crippen molar-refractivity contribution in [1.29, 1.82) is 5.41 Å². The normalized spacial score (nSPS) is 17.3. The van der Waals surface area contributed by atoms with E-state index in [0.717, 1.165) is 38.5 Å². The summed E-state index contributed by atoms with van der Waals surface area (Å²) in [4.78, 5) is 16.8. The minimum absolute atomic E-state index is 0.0541. The summed E-state index contributed by atoms with van der Waals surface area (Å²) in [5, 5.41) is 14.8. The van der Waals surface area contributed by atoms with Crippen molar-refractivity contribution in [2.75, 3.05) is 12.9 Å². The third-order valence-corrected chi connectivity index (χ3v) is 6.73. The first-order valence-electron chi connectivity index (χ1n) is 9.39. The molecule has 30 heavy (non-hydrogen) atoms. The van der Waals surface area contributed by atoms with Crippen LogP contribution in [0.15, 0.2) is 46.0 Å². The van der Waals surface area contributed by atoms with Gasteiger partial charge in [-0.3, -0.25) is 10.2 Å². The molecule has 7 nitrogen and oxygen atoms in total. The molecule has 0 radical (unpaired) electrons. The molecule has 0 saturated carbocycles. The Balaban J connectivity index is 1.70. The standard InChI is InChI=1S/C21H21N5O2S2/c1-5-29-21-24-26-18(22)17(19(27)23-20(26)30-21)11-14-10-12(2)25(13(14)3)15-6-8-16(28-4)9-7-15/h6-11,22H,5H2,1-4H3. The van der Waals surface area contributed by atoms with Crippen LogP contribution in [-0.4, -0.2) is 43.7 Å². The number of thioether (sulfide) groups is 2. The zero-order chi connectivity index (χ0) is 21.4. The highest BCUT2D eigenvalue weighted by Gasteiger charge is 2.35. The van der Waals surface area contributed by atoms with Gasteiger partial charge in [-0.1, -0.05) is 18.7 Å². The summed E-state index contributed by atoms with van der Waals surface area (Å²) in [6, 6.07) is 9.81. The number of hydrogen-bond acceptors (Lipinski definition) is 6. The molecule has 0 spiro atoms. The lowest BCUT2D eigenvalue weighted by Gasteiger charge is -2.20. The Morgan fingerprint density at radius 1 is 1.27 bits per heavy atom. The number of nitrogens with zero attached hydrogens (tertiary/aromatic N) is 4. The Hall–Kier alpha value is -2.78. The van der Waals surface area contributed by atoms with Crippen molar-refractivity contribution >= 4 is 50.9 Å². The smallest absolute Gasteiger partial charge is 0.283 e. The summed E-state index contributed by atoms with van der Waals surface area (Å²) < 4.78 is 8.15. The van der Waals surface area contributed by atoms with Crippen LogP contribution in [0.4, 0.5) is 0 Å². The van der Waals surface area contributed by atoms with Gasteiger partial charge >= 0.3 is 0 Å². The molecule has 1 N–H and O–H groups in total. The second-order valence-electron chi connectivity index (χ2n) is 6.68. The van der Waals surface area contributed by atoms with E-state index < -0.39 is 5.91 Å². The Bertz CT molecular complexity index is 1130. The Kier molecular flexibility index (Phi) is 5.57. The van der Waals surface area contributed by atoms with Gasteiger partial charge in [0.15, 0.2) is 10.2 Å². The number of fused-ring (bicyclic) bond motifs is 1. The highest BCUT2D eigenvalue weighted by atomic mass is 32.2. The van der Waals surface area contributed by atoms with Gasteiger partial charge in [-0.15, -0.1) is 5.10 Å². The van der Waals surface area contributed by atoms with E-state index in [1.165, 1.54) is 16.8 Å². The number of nitrogens with one attached hydrogen (secondary N) is 1. The van der Waals surface area contributed by atoms with Crippen molar-refractivity contribution in [3.8, 4) is 11.4 Å². The molecular formula is C21H21N5O2S2. The van der Waals surface area contributed by atoms with E-state index in [0.29, 0.717) is 5.17 Å². The van der Waals surface area contributed by atoms with Crippen LogP contribution in [0.3, 0.4) is 0 Å². The van der Waals surface area contributed by atoms with Crippen molar-refractivity contribution < 1.29 is 9.53 Å². The van der Waals surface area contributed by atoms with E-state index >= 15 is 0 Å². The molecule has 0 aliphatic carbocycles. The fourth-order valence-corrected chi connectivity index (χ4v) is 5.20. The van der Waals surface area contributed by atoms with E-state index in [4.69, 9.17) is 10.1 Å². The van der Waals surface area contributed by atoms with E-state index in [1.807, 2.05) is 51.1 Å². The molecule has 0 bridgehead atoms. The lowest BCUT2D eigenvalue weighted by molar-refractivity contribution is -0.114. The minimum Gasteiger partial charge on any atom is -0.497 e. The molecule has 0 saturated heterocycles. The van der Waals surface area contributed by atoms with Gasteiger partial charge < -0.3 is 9.30 Å². The van der Waals surface area contributed by atoms with Gasteiger partial charge in [0.05, 0.1) is 12.7 Å². The Labute approximate surface area is 183 Å². The number of aliphatic imine (C=N–C) groups is 1. The number of amides is 1. The summed E-state index contributed by atoms with van der Waals surface area (Å²) in [6.45, 7) is 6.04. The number of benzene rings is 1. The highest BCUT2D eigenvalue weighted by molar-refractivity contribution is 8.45. The maximum Gasteiger partial charge on any atom is 0.283 e. The van der Waals surface area contributed by atoms with Gasteiger partial charge in [-0.2, -0.15) is 10.0 Å². The van der Waals surface area contributed by atoms with Crippen molar-refractivity contribution in [3.63, 3.8) is 0 Å². The summed E-state index contributed by atoms with van der Waals surface area (Å²) in [7, 11) is 1.64. The first-order chi connectivity index (χ1) is 14.4. The number of hydrazone groups is 1. The quantitative estimate of drug-likeness (QED) is 0.713. The molecule has 4 rings (SSSR count). The van der Waals surface area contributed by atoms with Crippen LogP contribution in [-0.2, 0) is 4.79 Å². The minimum atomic E-state index is -0.411. The number of aromatic nitrogens is 1. The molecule has 0 unspecified atom stereocenters. The van der Waals surface area contributed by atoms with E-state index in [2.05, 4.69) is 14.7 Å². The Morgan fingerprint density at radius 3 is 2.67 bits per heavy atom. The monoisotopic (exact) mass is 439 g/mol. The van der Waals surface area contributed by atoms with E-state index in [-0.39, 0.29) is 11.4 Å². The van der Waals surface area contributed by atoms with Crippen molar-refractivity contribution in [3.05, 3.63) is 52.9 Å². The maximum absolute atomic E-state index is 12.6. The highest BCUT2D eigenvalue weighted by Crippen LogP contribution is 2.33. The van der Waals surface area contributed by atoms with Crippen molar-refractivity contribution in [2.24, 2.45) is 10.1 Å². The fraction of sp³-hybridized carbons (Fsp3) is 0.238. The zero-order valence-electron chi connectivity index (χ0n) is 17.1. The first-order valence-corrected chi connectivity index (χ1v) is 11.2. The van der Waals surface area contributed by atoms with Crippen LogP contribution in [0.25, 0.3) is 11.8 Å². The van der Waals surface area contributed by atoms with Gasteiger partial charge in [0.1, 0.15) is 5.75 Å². The molecule has 3 heterocycles. The molecule has 2 aromatic rings. The lowest BCUT2D eigenvalue weighted by atomic mass is 10.1. The number of hydrogen-bond donors (Lipinski definition) is 1. The van der Waals surface area contributed by atoms with Gasteiger partial charge in [-0.25, -0.2) is 0 Å². The average molecular weight is 440 g/mol. The van der Waals surface area contributed by atoms with Crippen LogP contribution in [0, 0.1) is 19.3 Å². The van der Waals surface area contributed by atoms with Crippen molar-refractivity contribution in [1.82, 2.24) is 9.58 Å². The van der Waals surface area contributed by atoms with Crippen LogP contribution >= 0.6 is 23.5 Å². The second-order valence-corrected chi connectivity index (χ2v) is 9.15. The molecule has 1 aromatic carbocycles. The predicted octanol–water partition coefficient (Wildman–Crippen LogP) is 4.43. The first kappa shape index (κ1) is 20.5.